The summed E-state index contributed by atoms with van der Waals surface area (Å²) in [6, 6.07) is 15.3. The fraction of sp³-hybridized carbons (Fsp3) is 0.400. The van der Waals surface area contributed by atoms with Crippen molar-refractivity contribution >= 4 is 17.7 Å². The highest BCUT2D eigenvalue weighted by Crippen LogP contribution is 2.34. The van der Waals surface area contributed by atoms with E-state index in [2.05, 4.69) is 13.8 Å². The van der Waals surface area contributed by atoms with Gasteiger partial charge in [0.1, 0.15) is 46.5 Å². The van der Waals surface area contributed by atoms with Crippen LogP contribution >= 0.6 is 0 Å². The number of benzene rings is 3. The number of unbranched alkanes of at least 4 members (excludes halogenated alkanes) is 4. The smallest absolute Gasteiger partial charge is 0.347 e. The predicted molar refractivity (Wildman–Crippen MR) is 164 cm³/mol. The molecule has 0 amide bonds. The molecule has 0 heterocycles. The number of phenols is 1. The summed E-state index contributed by atoms with van der Waals surface area (Å²) in [5.74, 6) is -1.10. The van der Waals surface area contributed by atoms with Gasteiger partial charge in [-0.25, -0.2) is 9.59 Å². The zero-order valence-corrected chi connectivity index (χ0v) is 25.6. The van der Waals surface area contributed by atoms with Gasteiger partial charge in [0, 0.05) is 25.0 Å². The Morgan fingerprint density at radius 1 is 0.744 bits per heavy atom. The van der Waals surface area contributed by atoms with Crippen molar-refractivity contribution in [3.05, 3.63) is 82.4 Å². The number of carbonyl (C=O) groups excluding carboxylic acids is 3. The standard InChI is InChI=1S/C35H42O8/c1-5-7-10-16-25-19-29(22-31(41-4)33(25)34(38)42-23-24-14-12-9-13-15-24)43-35(39)32-26(18-27(36)17-11-8-6-2)20-28(40-3)21-30(32)37/h9,12-15,19-22,37H,5-8,10-11,16-18,23H2,1-4H3. The molecule has 0 saturated heterocycles. The van der Waals surface area contributed by atoms with Crippen molar-refractivity contribution in [3.8, 4) is 23.0 Å². The van der Waals surface area contributed by atoms with Gasteiger partial charge in [-0.15, -0.1) is 0 Å². The Balaban J connectivity index is 1.92. The van der Waals surface area contributed by atoms with E-state index < -0.39 is 11.9 Å². The molecule has 0 radical (unpaired) electrons. The summed E-state index contributed by atoms with van der Waals surface area (Å²) < 4.78 is 22.2. The Morgan fingerprint density at radius 3 is 2.12 bits per heavy atom. The molecular weight excluding hydrogens is 548 g/mol. The molecule has 0 aromatic heterocycles. The molecule has 3 aromatic rings. The first-order chi connectivity index (χ1) is 20.8. The Hall–Kier alpha value is -4.33. The number of hydrogen-bond acceptors (Lipinski definition) is 8. The topological polar surface area (TPSA) is 108 Å². The third-order valence-electron chi connectivity index (χ3n) is 7.11. The molecule has 0 unspecified atom stereocenters. The van der Waals surface area contributed by atoms with E-state index in [0.717, 1.165) is 44.1 Å². The highest BCUT2D eigenvalue weighted by Gasteiger charge is 2.25. The van der Waals surface area contributed by atoms with Crippen molar-refractivity contribution in [2.24, 2.45) is 0 Å². The van der Waals surface area contributed by atoms with Gasteiger partial charge in [-0.3, -0.25) is 4.79 Å². The summed E-state index contributed by atoms with van der Waals surface area (Å²) in [6.07, 6.45) is 6.27. The number of esters is 2. The number of phenolic OH excluding ortho intramolecular Hbond substituents is 1. The fourth-order valence-electron chi connectivity index (χ4n) is 4.84. The van der Waals surface area contributed by atoms with Crippen LogP contribution in [0.1, 0.15) is 96.2 Å². The normalized spacial score (nSPS) is 10.7. The molecule has 0 aliphatic carbocycles. The van der Waals surface area contributed by atoms with E-state index >= 15 is 0 Å². The highest BCUT2D eigenvalue weighted by molar-refractivity contribution is 5.98. The molecule has 3 rings (SSSR count). The maximum absolute atomic E-state index is 13.5. The van der Waals surface area contributed by atoms with Crippen molar-refractivity contribution in [2.45, 2.75) is 78.2 Å². The second-order valence-electron chi connectivity index (χ2n) is 10.4. The van der Waals surface area contributed by atoms with Crippen LogP contribution in [0.3, 0.4) is 0 Å². The number of hydrogen-bond donors (Lipinski definition) is 1. The second kappa shape index (κ2) is 16.9. The first-order valence-corrected chi connectivity index (χ1v) is 14.9. The quantitative estimate of drug-likeness (QED) is 0.0984. The number of rotatable bonds is 17. The molecule has 0 aliphatic heterocycles. The zero-order valence-electron chi connectivity index (χ0n) is 25.6. The maximum Gasteiger partial charge on any atom is 0.347 e. The zero-order chi connectivity index (χ0) is 31.2. The van der Waals surface area contributed by atoms with E-state index in [4.69, 9.17) is 18.9 Å². The first kappa shape index (κ1) is 33.2. The largest absolute Gasteiger partial charge is 0.507 e. The number of ketones is 1. The lowest BCUT2D eigenvalue weighted by Crippen LogP contribution is -2.16. The summed E-state index contributed by atoms with van der Waals surface area (Å²) in [5, 5.41) is 10.8. The van der Waals surface area contributed by atoms with Gasteiger partial charge in [0.25, 0.3) is 0 Å². The number of aryl methyl sites for hydroxylation is 1. The minimum atomic E-state index is -0.836. The van der Waals surface area contributed by atoms with E-state index in [1.54, 1.807) is 12.1 Å². The number of ether oxygens (including phenoxy) is 4. The summed E-state index contributed by atoms with van der Waals surface area (Å²) >= 11 is 0. The van der Waals surface area contributed by atoms with E-state index in [1.807, 2.05) is 30.3 Å². The minimum absolute atomic E-state index is 0.0450. The lowest BCUT2D eigenvalue weighted by molar-refractivity contribution is -0.118. The molecule has 8 heteroatoms. The van der Waals surface area contributed by atoms with Crippen molar-refractivity contribution < 1.29 is 38.4 Å². The van der Waals surface area contributed by atoms with Gasteiger partial charge in [0.2, 0.25) is 0 Å². The van der Waals surface area contributed by atoms with E-state index in [0.29, 0.717) is 29.7 Å². The molecule has 0 fully saturated rings. The van der Waals surface area contributed by atoms with Gasteiger partial charge >= 0.3 is 11.9 Å². The van der Waals surface area contributed by atoms with Crippen LogP contribution in [0.25, 0.3) is 0 Å². The summed E-state index contributed by atoms with van der Waals surface area (Å²) in [7, 11) is 2.88. The second-order valence-corrected chi connectivity index (χ2v) is 10.4. The molecule has 0 aliphatic rings. The Labute approximate surface area is 253 Å². The van der Waals surface area contributed by atoms with E-state index in [-0.39, 0.29) is 47.2 Å². The van der Waals surface area contributed by atoms with Crippen molar-refractivity contribution in [1.82, 2.24) is 0 Å². The molecule has 43 heavy (non-hydrogen) atoms. The van der Waals surface area contributed by atoms with Crippen LogP contribution in [0.15, 0.2) is 54.6 Å². The van der Waals surface area contributed by atoms with Gasteiger partial charge in [0.15, 0.2) is 0 Å². The van der Waals surface area contributed by atoms with E-state index in [1.165, 1.54) is 26.4 Å². The number of methoxy groups -OCH3 is 2. The number of aromatic hydroxyl groups is 1. The molecule has 0 spiro atoms. The Bertz CT molecular complexity index is 1380. The predicted octanol–water partition coefficient (Wildman–Crippen LogP) is 7.41. The van der Waals surface area contributed by atoms with Crippen LogP contribution < -0.4 is 14.2 Å². The molecule has 230 valence electrons. The van der Waals surface area contributed by atoms with Crippen LogP contribution in [0, 0.1) is 0 Å². The van der Waals surface area contributed by atoms with Gasteiger partial charge in [-0.1, -0.05) is 69.9 Å². The molecule has 0 bridgehead atoms. The summed E-state index contributed by atoms with van der Waals surface area (Å²) in [4.78, 5) is 39.4. The van der Waals surface area contributed by atoms with E-state index in [9.17, 15) is 19.5 Å². The van der Waals surface area contributed by atoms with Crippen LogP contribution in [-0.2, 0) is 29.0 Å². The van der Waals surface area contributed by atoms with Gasteiger partial charge in [0.05, 0.1) is 14.2 Å². The summed E-state index contributed by atoms with van der Waals surface area (Å²) in [5.41, 5.74) is 1.97. The number of carbonyl (C=O) groups is 3. The first-order valence-electron chi connectivity index (χ1n) is 14.9. The van der Waals surface area contributed by atoms with Crippen molar-refractivity contribution in [3.63, 3.8) is 0 Å². The molecule has 0 saturated carbocycles. The lowest BCUT2D eigenvalue weighted by Gasteiger charge is -2.17. The molecule has 0 atom stereocenters. The molecule has 8 nitrogen and oxygen atoms in total. The maximum atomic E-state index is 13.5. The van der Waals surface area contributed by atoms with Gasteiger partial charge in [-0.05, 0) is 48.1 Å². The average molecular weight is 591 g/mol. The molecule has 3 aromatic carbocycles. The van der Waals surface area contributed by atoms with Crippen LogP contribution in [0.5, 0.6) is 23.0 Å². The van der Waals surface area contributed by atoms with Crippen LogP contribution in [-0.4, -0.2) is 37.0 Å². The monoisotopic (exact) mass is 590 g/mol. The Morgan fingerprint density at radius 2 is 1.44 bits per heavy atom. The fourth-order valence-corrected chi connectivity index (χ4v) is 4.84. The number of Topliss-reactive ketones (excluding diaryl/α,β-unsaturated/α-hetero) is 1. The highest BCUT2D eigenvalue weighted by atomic mass is 16.5. The summed E-state index contributed by atoms with van der Waals surface area (Å²) in [6.45, 7) is 4.25. The van der Waals surface area contributed by atoms with Gasteiger partial charge < -0.3 is 24.1 Å². The van der Waals surface area contributed by atoms with Crippen LogP contribution in [0.4, 0.5) is 0 Å². The Kier molecular flexibility index (Phi) is 13.1. The van der Waals surface area contributed by atoms with Crippen molar-refractivity contribution in [2.75, 3.05) is 14.2 Å². The lowest BCUT2D eigenvalue weighted by atomic mass is 9.98. The average Bonchev–Trinajstić information content (AvgIpc) is 3.00. The third-order valence-corrected chi connectivity index (χ3v) is 7.11. The van der Waals surface area contributed by atoms with Gasteiger partial charge in [-0.2, -0.15) is 0 Å². The SMILES string of the molecule is CCCCCC(=O)Cc1cc(OC)cc(O)c1C(=O)Oc1cc(CCCCC)c(C(=O)OCc2ccccc2)c(OC)c1. The van der Waals surface area contributed by atoms with Crippen LogP contribution in [0.2, 0.25) is 0 Å². The minimum Gasteiger partial charge on any atom is -0.507 e. The molecule has 1 N–H and O–H groups in total. The molecular formula is C35H42O8. The third kappa shape index (κ3) is 9.60. The van der Waals surface area contributed by atoms with Crippen molar-refractivity contribution in [1.29, 1.82) is 0 Å².